The Morgan fingerprint density at radius 2 is 2.32 bits per heavy atom. The third-order valence-corrected chi connectivity index (χ3v) is 3.80. The van der Waals surface area contributed by atoms with Gasteiger partial charge in [-0.3, -0.25) is 16.0 Å². The van der Waals surface area contributed by atoms with Crippen molar-refractivity contribution in [3.05, 3.63) is 12.2 Å². The Kier molecular flexibility index (Phi) is 4.87. The molecule has 1 atom stereocenters. The summed E-state index contributed by atoms with van der Waals surface area (Å²) in [5, 5.41) is 4.09. The molecule has 19 heavy (non-hydrogen) atoms. The number of ether oxygens (including phenoxy) is 2. The van der Waals surface area contributed by atoms with Crippen molar-refractivity contribution in [3.63, 3.8) is 0 Å². The number of aromatic nitrogens is 3. The van der Waals surface area contributed by atoms with Crippen LogP contribution in [0.4, 0.5) is 0 Å². The van der Waals surface area contributed by atoms with Crippen LogP contribution < -0.4 is 11.3 Å². The van der Waals surface area contributed by atoms with Gasteiger partial charge >= 0.3 is 0 Å². The second-order valence-corrected chi connectivity index (χ2v) is 4.83. The van der Waals surface area contributed by atoms with Crippen LogP contribution in [0, 0.1) is 0 Å². The number of nitrogens with one attached hydrogen (secondary N) is 1. The van der Waals surface area contributed by atoms with Crippen LogP contribution in [-0.4, -0.2) is 46.2 Å². The van der Waals surface area contributed by atoms with Gasteiger partial charge in [0.1, 0.15) is 12.2 Å². The summed E-state index contributed by atoms with van der Waals surface area (Å²) in [6, 6.07) is -0.000694. The standard InChI is InChI=1S/C12H23N5O2/c1-3-19-12(4-6-18-7-5-12)10(16-13)8-11-14-9-15-17(11)2/h9-10,16H,3-8,13H2,1-2H3. The molecule has 0 saturated carbocycles. The van der Waals surface area contributed by atoms with Gasteiger partial charge in [-0.05, 0) is 6.92 Å². The lowest BCUT2D eigenvalue weighted by Gasteiger charge is -2.42. The molecule has 1 fully saturated rings. The average Bonchev–Trinajstić information content (AvgIpc) is 2.82. The van der Waals surface area contributed by atoms with Gasteiger partial charge in [-0.2, -0.15) is 5.10 Å². The van der Waals surface area contributed by atoms with Crippen molar-refractivity contribution < 1.29 is 9.47 Å². The molecule has 1 aliphatic heterocycles. The Hall–Kier alpha value is -1.02. The van der Waals surface area contributed by atoms with Crippen molar-refractivity contribution in [1.29, 1.82) is 0 Å². The molecule has 7 heteroatoms. The van der Waals surface area contributed by atoms with E-state index in [4.69, 9.17) is 15.3 Å². The largest absolute Gasteiger partial charge is 0.381 e. The van der Waals surface area contributed by atoms with Crippen LogP contribution in [0.3, 0.4) is 0 Å². The van der Waals surface area contributed by atoms with Gasteiger partial charge in [-0.15, -0.1) is 0 Å². The van der Waals surface area contributed by atoms with Gasteiger partial charge in [0.25, 0.3) is 0 Å². The van der Waals surface area contributed by atoms with E-state index in [1.807, 2.05) is 14.0 Å². The van der Waals surface area contributed by atoms with Crippen LogP contribution in [-0.2, 0) is 22.9 Å². The summed E-state index contributed by atoms with van der Waals surface area (Å²) in [5.74, 6) is 6.65. The first kappa shape index (κ1) is 14.4. The molecule has 0 aliphatic carbocycles. The maximum Gasteiger partial charge on any atom is 0.138 e. The highest BCUT2D eigenvalue weighted by Crippen LogP contribution is 2.30. The molecule has 108 valence electrons. The van der Waals surface area contributed by atoms with Gasteiger partial charge in [0.2, 0.25) is 0 Å². The normalized spacial score (nSPS) is 20.4. The third kappa shape index (κ3) is 3.11. The molecule has 0 spiro atoms. The number of hydrogen-bond donors (Lipinski definition) is 2. The first-order chi connectivity index (χ1) is 9.22. The van der Waals surface area contributed by atoms with Gasteiger partial charge in [0.15, 0.2) is 0 Å². The van der Waals surface area contributed by atoms with Crippen molar-refractivity contribution in [3.8, 4) is 0 Å². The Morgan fingerprint density at radius 1 is 1.58 bits per heavy atom. The number of hydrogen-bond acceptors (Lipinski definition) is 6. The lowest BCUT2D eigenvalue weighted by atomic mass is 9.84. The lowest BCUT2D eigenvalue weighted by molar-refractivity contribution is -0.127. The number of nitrogens with two attached hydrogens (primary N) is 1. The van der Waals surface area contributed by atoms with Crippen molar-refractivity contribution in [2.75, 3.05) is 19.8 Å². The molecular weight excluding hydrogens is 246 g/mol. The number of rotatable bonds is 6. The highest BCUT2D eigenvalue weighted by Gasteiger charge is 2.41. The number of hydrazine groups is 1. The summed E-state index contributed by atoms with van der Waals surface area (Å²) >= 11 is 0. The predicted molar refractivity (Wildman–Crippen MR) is 70.2 cm³/mol. The van der Waals surface area contributed by atoms with E-state index in [9.17, 15) is 0 Å². The van der Waals surface area contributed by atoms with Crippen molar-refractivity contribution in [2.45, 2.75) is 37.8 Å². The first-order valence-corrected chi connectivity index (χ1v) is 6.72. The number of aryl methyl sites for hydroxylation is 1. The maximum atomic E-state index is 6.03. The van der Waals surface area contributed by atoms with Crippen molar-refractivity contribution in [1.82, 2.24) is 20.2 Å². The van der Waals surface area contributed by atoms with Crippen LogP contribution in [0.1, 0.15) is 25.6 Å². The highest BCUT2D eigenvalue weighted by molar-refractivity contribution is 5.00. The molecule has 2 heterocycles. The quantitative estimate of drug-likeness (QED) is 0.548. The smallest absolute Gasteiger partial charge is 0.138 e. The fourth-order valence-electron chi connectivity index (χ4n) is 2.68. The minimum Gasteiger partial charge on any atom is -0.381 e. The summed E-state index contributed by atoms with van der Waals surface area (Å²) in [7, 11) is 1.88. The second-order valence-electron chi connectivity index (χ2n) is 4.83. The van der Waals surface area contributed by atoms with Gasteiger partial charge < -0.3 is 9.47 Å². The van der Waals surface area contributed by atoms with Crippen molar-refractivity contribution >= 4 is 0 Å². The van der Waals surface area contributed by atoms with Gasteiger partial charge in [-0.1, -0.05) is 0 Å². The van der Waals surface area contributed by atoms with Crippen LogP contribution in [0.5, 0.6) is 0 Å². The van der Waals surface area contributed by atoms with E-state index in [0.717, 1.165) is 18.7 Å². The monoisotopic (exact) mass is 269 g/mol. The van der Waals surface area contributed by atoms with Gasteiger partial charge in [-0.25, -0.2) is 4.98 Å². The SMILES string of the molecule is CCOC1(C(Cc2ncnn2C)NN)CCOCC1. The molecule has 3 N–H and O–H groups in total. The molecule has 1 aromatic rings. The minimum absolute atomic E-state index is 0.000694. The third-order valence-electron chi connectivity index (χ3n) is 3.80. The number of nitrogens with zero attached hydrogens (tertiary/aromatic N) is 3. The second kappa shape index (κ2) is 6.42. The molecule has 2 rings (SSSR count). The van der Waals surface area contributed by atoms with Crippen LogP contribution in [0.2, 0.25) is 0 Å². The Labute approximate surface area is 113 Å². The Morgan fingerprint density at radius 3 is 2.84 bits per heavy atom. The summed E-state index contributed by atoms with van der Waals surface area (Å²) < 4.78 is 13.2. The molecule has 1 aromatic heterocycles. The topological polar surface area (TPSA) is 87.2 Å². The molecule has 0 bridgehead atoms. The van der Waals surface area contributed by atoms with Crippen LogP contribution in [0.25, 0.3) is 0 Å². The zero-order valence-corrected chi connectivity index (χ0v) is 11.6. The van der Waals surface area contributed by atoms with E-state index in [0.29, 0.717) is 26.2 Å². The molecule has 1 unspecified atom stereocenters. The van der Waals surface area contributed by atoms with Crippen LogP contribution in [0.15, 0.2) is 6.33 Å². The Bertz CT molecular complexity index is 384. The van der Waals surface area contributed by atoms with Gasteiger partial charge in [0.05, 0.1) is 11.6 Å². The molecule has 0 amide bonds. The molecule has 1 aliphatic rings. The summed E-state index contributed by atoms with van der Waals surface area (Å²) in [4.78, 5) is 4.26. The van der Waals surface area contributed by atoms with Crippen LogP contribution >= 0.6 is 0 Å². The maximum absolute atomic E-state index is 6.03. The van der Waals surface area contributed by atoms with Crippen molar-refractivity contribution in [2.24, 2.45) is 12.9 Å². The minimum atomic E-state index is -0.284. The van der Waals surface area contributed by atoms with Gasteiger partial charge in [0, 0.05) is 46.1 Å². The van der Waals surface area contributed by atoms with E-state index in [1.54, 1.807) is 11.0 Å². The average molecular weight is 269 g/mol. The fourth-order valence-corrected chi connectivity index (χ4v) is 2.68. The summed E-state index contributed by atoms with van der Waals surface area (Å²) in [6.07, 6.45) is 3.92. The summed E-state index contributed by atoms with van der Waals surface area (Å²) in [5.41, 5.74) is 2.62. The van der Waals surface area contributed by atoms with E-state index < -0.39 is 0 Å². The highest BCUT2D eigenvalue weighted by atomic mass is 16.5. The lowest BCUT2D eigenvalue weighted by Crippen LogP contribution is -2.58. The zero-order chi connectivity index (χ0) is 13.7. The van der Waals surface area contributed by atoms with E-state index >= 15 is 0 Å². The molecular formula is C12H23N5O2. The first-order valence-electron chi connectivity index (χ1n) is 6.72. The van der Waals surface area contributed by atoms with E-state index in [2.05, 4.69) is 15.5 Å². The fraction of sp³-hybridized carbons (Fsp3) is 0.833. The summed E-state index contributed by atoms with van der Waals surface area (Å²) in [6.45, 7) is 4.08. The molecule has 7 nitrogen and oxygen atoms in total. The zero-order valence-electron chi connectivity index (χ0n) is 11.6. The molecule has 0 aromatic carbocycles. The Balaban J connectivity index is 2.14. The predicted octanol–water partition coefficient (Wildman–Crippen LogP) is -0.225. The molecule has 1 saturated heterocycles. The van der Waals surface area contributed by atoms with E-state index in [-0.39, 0.29) is 11.6 Å². The molecule has 0 radical (unpaired) electrons. The van der Waals surface area contributed by atoms with E-state index in [1.165, 1.54) is 0 Å².